The highest BCUT2D eigenvalue weighted by Crippen LogP contribution is 2.31. The molecule has 3 rings (SSSR count). The summed E-state index contributed by atoms with van der Waals surface area (Å²) in [4.78, 5) is 8.89. The number of hydrogen-bond donors (Lipinski definition) is 2. The van der Waals surface area contributed by atoms with E-state index in [0.717, 1.165) is 11.4 Å². The van der Waals surface area contributed by atoms with Gasteiger partial charge < -0.3 is 19.4 Å². The van der Waals surface area contributed by atoms with E-state index in [4.69, 9.17) is 9.47 Å². The second-order valence-corrected chi connectivity index (χ2v) is 8.99. The van der Waals surface area contributed by atoms with Crippen LogP contribution < -0.4 is 19.5 Å². The average Bonchev–Trinajstić information content (AvgIpc) is 3.16. The summed E-state index contributed by atoms with van der Waals surface area (Å²) in [7, 11) is 1.47. The van der Waals surface area contributed by atoms with Crippen LogP contribution in [0.2, 0.25) is 0 Å². The highest BCUT2D eigenvalue weighted by molar-refractivity contribution is 7.89. The molecule has 166 valence electrons. The third kappa shape index (κ3) is 5.33. The van der Waals surface area contributed by atoms with Crippen LogP contribution in [0.5, 0.6) is 11.5 Å². The standard InChI is InChI=1S/C21H27N5O4S/c1-14(2)25-31(27,28)18-6-7-19(23-13-18)24-20(21-22-8-9-26(21)3)15-10-16(29-4)12-17(11-15)30-5/h6-14,20,25H,1-5H3,(H,23,24)/t20-/m0/s1. The van der Waals surface area contributed by atoms with E-state index < -0.39 is 10.0 Å². The van der Waals surface area contributed by atoms with Crippen molar-refractivity contribution in [2.24, 2.45) is 7.05 Å². The van der Waals surface area contributed by atoms with Crippen molar-refractivity contribution in [2.75, 3.05) is 19.5 Å². The molecule has 0 radical (unpaired) electrons. The molecule has 9 nitrogen and oxygen atoms in total. The lowest BCUT2D eigenvalue weighted by atomic mass is 10.0. The normalized spacial score (nSPS) is 12.6. The van der Waals surface area contributed by atoms with E-state index >= 15 is 0 Å². The number of benzene rings is 1. The SMILES string of the molecule is COc1cc(OC)cc([C@H](Nc2ccc(S(=O)(=O)NC(C)C)cn2)c2nccn2C)c1. The Balaban J connectivity index is 1.97. The molecule has 31 heavy (non-hydrogen) atoms. The van der Waals surface area contributed by atoms with Crippen molar-refractivity contribution >= 4 is 15.8 Å². The maximum Gasteiger partial charge on any atom is 0.242 e. The molecule has 0 saturated carbocycles. The zero-order valence-corrected chi connectivity index (χ0v) is 19.0. The molecule has 10 heteroatoms. The Hall–Kier alpha value is -3.11. The number of pyridine rings is 1. The van der Waals surface area contributed by atoms with Gasteiger partial charge in [0.15, 0.2) is 0 Å². The van der Waals surface area contributed by atoms with Crippen LogP contribution >= 0.6 is 0 Å². The van der Waals surface area contributed by atoms with Crippen molar-refractivity contribution < 1.29 is 17.9 Å². The molecule has 0 bridgehead atoms. The first-order valence-electron chi connectivity index (χ1n) is 9.68. The fraction of sp³-hybridized carbons (Fsp3) is 0.333. The van der Waals surface area contributed by atoms with Crippen LogP contribution in [0.25, 0.3) is 0 Å². The molecule has 0 aliphatic rings. The van der Waals surface area contributed by atoms with E-state index in [9.17, 15) is 8.42 Å². The Morgan fingerprint density at radius 2 is 1.71 bits per heavy atom. The summed E-state index contributed by atoms with van der Waals surface area (Å²) >= 11 is 0. The number of imidazole rings is 1. The lowest BCUT2D eigenvalue weighted by Crippen LogP contribution is -2.30. The first-order chi connectivity index (χ1) is 14.7. The van der Waals surface area contributed by atoms with Crippen LogP contribution in [0.15, 0.2) is 53.8 Å². The highest BCUT2D eigenvalue weighted by Gasteiger charge is 2.22. The van der Waals surface area contributed by atoms with E-state index in [1.165, 1.54) is 12.3 Å². The molecule has 0 saturated heterocycles. The number of nitrogens with one attached hydrogen (secondary N) is 2. The average molecular weight is 446 g/mol. The maximum absolute atomic E-state index is 12.4. The second-order valence-electron chi connectivity index (χ2n) is 7.27. The molecule has 0 aliphatic heterocycles. The Morgan fingerprint density at radius 1 is 1.03 bits per heavy atom. The lowest BCUT2D eigenvalue weighted by molar-refractivity contribution is 0.393. The smallest absolute Gasteiger partial charge is 0.242 e. The fourth-order valence-corrected chi connectivity index (χ4v) is 4.29. The Labute approximate surface area is 182 Å². The maximum atomic E-state index is 12.4. The van der Waals surface area contributed by atoms with Gasteiger partial charge in [-0.2, -0.15) is 0 Å². The van der Waals surface area contributed by atoms with Gasteiger partial charge in [-0.15, -0.1) is 0 Å². The molecule has 1 atom stereocenters. The van der Waals surface area contributed by atoms with Crippen LogP contribution in [0, 0.1) is 0 Å². The van der Waals surface area contributed by atoms with Crippen molar-refractivity contribution in [1.29, 1.82) is 0 Å². The second kappa shape index (κ2) is 9.36. The van der Waals surface area contributed by atoms with E-state index in [0.29, 0.717) is 17.3 Å². The van der Waals surface area contributed by atoms with Gasteiger partial charge in [0, 0.05) is 37.7 Å². The minimum atomic E-state index is -3.61. The summed E-state index contributed by atoms with van der Waals surface area (Å²) < 4.78 is 40.0. The van der Waals surface area contributed by atoms with E-state index in [-0.39, 0.29) is 17.0 Å². The molecule has 1 aromatic carbocycles. The zero-order valence-electron chi connectivity index (χ0n) is 18.2. The number of methoxy groups -OCH3 is 2. The molecule has 0 unspecified atom stereocenters. The number of rotatable bonds is 9. The molecule has 3 aromatic rings. The third-order valence-electron chi connectivity index (χ3n) is 4.55. The van der Waals surface area contributed by atoms with Gasteiger partial charge in [-0.1, -0.05) is 0 Å². The summed E-state index contributed by atoms with van der Waals surface area (Å²) in [5.74, 6) is 2.53. The largest absolute Gasteiger partial charge is 0.497 e. The van der Waals surface area contributed by atoms with E-state index in [2.05, 4.69) is 20.0 Å². The van der Waals surface area contributed by atoms with Gasteiger partial charge >= 0.3 is 0 Å². The molecule has 2 aromatic heterocycles. The molecule has 0 spiro atoms. The molecule has 0 amide bonds. The van der Waals surface area contributed by atoms with Gasteiger partial charge in [0.2, 0.25) is 10.0 Å². The predicted molar refractivity (Wildman–Crippen MR) is 118 cm³/mol. The zero-order chi connectivity index (χ0) is 22.6. The first-order valence-corrected chi connectivity index (χ1v) is 11.2. The van der Waals surface area contributed by atoms with Gasteiger partial charge in [-0.05, 0) is 43.7 Å². The molecule has 0 aliphatic carbocycles. The van der Waals surface area contributed by atoms with Crippen LogP contribution in [0.1, 0.15) is 31.3 Å². The monoisotopic (exact) mass is 445 g/mol. The lowest BCUT2D eigenvalue weighted by Gasteiger charge is -2.21. The number of anilines is 1. The Kier molecular flexibility index (Phi) is 6.81. The fourth-order valence-electron chi connectivity index (χ4n) is 3.10. The first kappa shape index (κ1) is 22.6. The molecule has 2 N–H and O–H groups in total. The molecule has 2 heterocycles. The number of aromatic nitrogens is 3. The number of aryl methyl sites for hydroxylation is 1. The summed E-state index contributed by atoms with van der Waals surface area (Å²) in [6.07, 6.45) is 4.89. The van der Waals surface area contributed by atoms with Crippen molar-refractivity contribution in [3.8, 4) is 11.5 Å². The van der Waals surface area contributed by atoms with E-state index in [1.54, 1.807) is 46.4 Å². The topological polar surface area (TPSA) is 107 Å². The molecular formula is C21H27N5O4S. The summed E-state index contributed by atoms with van der Waals surface area (Å²) in [6, 6.07) is 8.12. The highest BCUT2D eigenvalue weighted by atomic mass is 32.2. The van der Waals surface area contributed by atoms with Crippen LogP contribution in [-0.4, -0.2) is 43.2 Å². The summed E-state index contributed by atoms with van der Waals surface area (Å²) in [5, 5.41) is 3.34. The van der Waals surface area contributed by atoms with Gasteiger partial charge in [0.1, 0.15) is 34.1 Å². The Morgan fingerprint density at radius 3 is 2.19 bits per heavy atom. The van der Waals surface area contributed by atoms with Gasteiger partial charge in [-0.3, -0.25) is 0 Å². The summed E-state index contributed by atoms with van der Waals surface area (Å²) in [6.45, 7) is 3.53. The van der Waals surface area contributed by atoms with E-state index in [1.807, 2.05) is 29.9 Å². The van der Waals surface area contributed by atoms with Crippen LogP contribution in [-0.2, 0) is 17.1 Å². The summed E-state index contributed by atoms with van der Waals surface area (Å²) in [5.41, 5.74) is 0.852. The van der Waals surface area contributed by atoms with Gasteiger partial charge in [0.25, 0.3) is 0 Å². The predicted octanol–water partition coefficient (Wildman–Crippen LogP) is 2.72. The van der Waals surface area contributed by atoms with Crippen molar-refractivity contribution in [3.63, 3.8) is 0 Å². The van der Waals surface area contributed by atoms with Crippen LogP contribution in [0.3, 0.4) is 0 Å². The van der Waals surface area contributed by atoms with Crippen LogP contribution in [0.4, 0.5) is 5.82 Å². The van der Waals surface area contributed by atoms with Crippen molar-refractivity contribution in [2.45, 2.75) is 30.8 Å². The van der Waals surface area contributed by atoms with Gasteiger partial charge in [-0.25, -0.2) is 23.1 Å². The minimum Gasteiger partial charge on any atom is -0.497 e. The quantitative estimate of drug-likeness (QED) is 0.521. The van der Waals surface area contributed by atoms with Crippen molar-refractivity contribution in [1.82, 2.24) is 19.3 Å². The molecular weight excluding hydrogens is 418 g/mol. The van der Waals surface area contributed by atoms with Crippen molar-refractivity contribution in [3.05, 3.63) is 60.3 Å². The number of sulfonamides is 1. The number of ether oxygens (including phenoxy) is 2. The number of nitrogens with zero attached hydrogens (tertiary/aromatic N) is 3. The number of hydrogen-bond acceptors (Lipinski definition) is 7. The molecule has 0 fully saturated rings. The van der Waals surface area contributed by atoms with Gasteiger partial charge in [0.05, 0.1) is 14.2 Å². The third-order valence-corrected chi connectivity index (χ3v) is 6.20. The Bertz CT molecular complexity index is 1100. The minimum absolute atomic E-state index is 0.100.